The Balaban J connectivity index is 0.000000479. The Bertz CT molecular complexity index is 1200. The second-order valence-electron chi connectivity index (χ2n) is 7.73. The molecule has 0 radical (unpaired) electrons. The zero-order valence-electron chi connectivity index (χ0n) is 19.2. The van der Waals surface area contributed by atoms with Gasteiger partial charge in [0.2, 0.25) is 0 Å². The number of amides is 2. The second kappa shape index (κ2) is 12.7. The molecule has 3 heterocycles. The number of alkyl halides is 3. The quantitative estimate of drug-likeness (QED) is 0.462. The Morgan fingerprint density at radius 3 is 2.38 bits per heavy atom. The van der Waals surface area contributed by atoms with Crippen LogP contribution in [0.5, 0.6) is 0 Å². The van der Waals surface area contributed by atoms with Gasteiger partial charge in [-0.05, 0) is 36.1 Å². The minimum Gasteiger partial charge on any atom is -0.475 e. The van der Waals surface area contributed by atoms with E-state index in [2.05, 4.69) is 37.8 Å². The monoisotopic (exact) mass is 558 g/mol. The molecule has 0 saturated carbocycles. The topological polar surface area (TPSA) is 121 Å². The zero-order valence-corrected chi connectivity index (χ0v) is 20.8. The van der Waals surface area contributed by atoms with Gasteiger partial charge < -0.3 is 15.3 Å². The predicted molar refractivity (Wildman–Crippen MR) is 130 cm³/mol. The van der Waals surface area contributed by atoms with Crippen molar-refractivity contribution < 1.29 is 32.7 Å². The summed E-state index contributed by atoms with van der Waals surface area (Å²) >= 11 is 8.04. The van der Waals surface area contributed by atoms with E-state index in [0.717, 1.165) is 26.1 Å². The fraction of sp³-hybridized carbons (Fsp3) is 0.318. The van der Waals surface area contributed by atoms with Crippen LogP contribution in [0.3, 0.4) is 0 Å². The lowest BCUT2D eigenvalue weighted by molar-refractivity contribution is -0.192. The fourth-order valence-electron chi connectivity index (χ4n) is 3.33. The number of halogens is 4. The molecule has 1 fully saturated rings. The molecule has 1 saturated heterocycles. The highest BCUT2D eigenvalue weighted by atomic mass is 35.5. The molecule has 1 aliphatic heterocycles. The van der Waals surface area contributed by atoms with Crippen molar-refractivity contribution >= 4 is 46.4 Å². The van der Waals surface area contributed by atoms with E-state index < -0.39 is 24.0 Å². The molecular weight excluding hydrogens is 537 g/mol. The second-order valence-corrected chi connectivity index (χ2v) is 9.17. The zero-order chi connectivity index (χ0) is 27.0. The third kappa shape index (κ3) is 8.27. The van der Waals surface area contributed by atoms with Crippen LogP contribution in [0, 0.1) is 0 Å². The summed E-state index contributed by atoms with van der Waals surface area (Å²) in [5.41, 5.74) is 1.09. The highest BCUT2D eigenvalue weighted by Gasteiger charge is 2.38. The van der Waals surface area contributed by atoms with Gasteiger partial charge in [-0.25, -0.2) is 14.5 Å². The molecule has 2 amide bonds. The van der Waals surface area contributed by atoms with E-state index in [4.69, 9.17) is 21.5 Å². The van der Waals surface area contributed by atoms with Crippen molar-refractivity contribution in [1.82, 2.24) is 24.6 Å². The third-order valence-corrected chi connectivity index (χ3v) is 6.46. The van der Waals surface area contributed by atoms with Crippen molar-refractivity contribution in [2.45, 2.75) is 12.6 Å². The lowest BCUT2D eigenvalue weighted by Gasteiger charge is -2.34. The van der Waals surface area contributed by atoms with E-state index in [-0.39, 0.29) is 0 Å². The first-order chi connectivity index (χ1) is 17.5. The SMILES string of the molecule is O=C(Nc1ccc(-n2cncn2)c(Cl)c1)C(=O)N1CCN(CCc2cccs2)CC1.O=C(O)C(F)(F)F. The van der Waals surface area contributed by atoms with Crippen molar-refractivity contribution in [2.75, 3.05) is 38.0 Å². The summed E-state index contributed by atoms with van der Waals surface area (Å²) in [7, 11) is 0. The van der Waals surface area contributed by atoms with Crippen LogP contribution < -0.4 is 5.32 Å². The minimum absolute atomic E-state index is 0.394. The van der Waals surface area contributed by atoms with E-state index in [9.17, 15) is 22.8 Å². The van der Waals surface area contributed by atoms with Crippen LogP contribution >= 0.6 is 22.9 Å². The van der Waals surface area contributed by atoms with Crippen LogP contribution in [0.15, 0.2) is 48.4 Å². The van der Waals surface area contributed by atoms with Gasteiger partial charge in [-0.15, -0.1) is 11.3 Å². The van der Waals surface area contributed by atoms with Gasteiger partial charge in [0.05, 0.1) is 10.7 Å². The molecule has 15 heteroatoms. The lowest BCUT2D eigenvalue weighted by Crippen LogP contribution is -2.51. The smallest absolute Gasteiger partial charge is 0.475 e. The number of thiophene rings is 1. The molecule has 37 heavy (non-hydrogen) atoms. The molecule has 0 spiro atoms. The number of aromatic nitrogens is 3. The highest BCUT2D eigenvalue weighted by Crippen LogP contribution is 2.23. The van der Waals surface area contributed by atoms with Gasteiger partial charge >= 0.3 is 24.0 Å². The molecule has 2 aromatic heterocycles. The number of carboxylic acid groups (broad SMARTS) is 1. The normalized spacial score (nSPS) is 14.0. The molecule has 1 aromatic carbocycles. The van der Waals surface area contributed by atoms with Crippen LogP contribution in [0.2, 0.25) is 5.02 Å². The fourth-order valence-corrected chi connectivity index (χ4v) is 4.29. The van der Waals surface area contributed by atoms with E-state index in [1.165, 1.54) is 22.2 Å². The first-order valence-electron chi connectivity index (χ1n) is 10.8. The van der Waals surface area contributed by atoms with Crippen molar-refractivity contribution in [1.29, 1.82) is 0 Å². The van der Waals surface area contributed by atoms with Gasteiger partial charge in [0, 0.05) is 43.3 Å². The number of carbonyl (C=O) groups excluding carboxylic acids is 2. The molecule has 0 unspecified atom stereocenters. The molecule has 10 nitrogen and oxygen atoms in total. The maximum Gasteiger partial charge on any atom is 0.490 e. The summed E-state index contributed by atoms with van der Waals surface area (Å²) in [5, 5.41) is 16.3. The maximum atomic E-state index is 12.5. The minimum atomic E-state index is -5.08. The van der Waals surface area contributed by atoms with Gasteiger partial charge in [0.25, 0.3) is 0 Å². The lowest BCUT2D eigenvalue weighted by atomic mass is 10.2. The van der Waals surface area contributed by atoms with E-state index in [1.807, 2.05) is 0 Å². The summed E-state index contributed by atoms with van der Waals surface area (Å²) in [5.74, 6) is -3.94. The molecule has 3 aromatic rings. The molecule has 0 bridgehead atoms. The molecule has 0 atom stereocenters. The number of hydrogen-bond donors (Lipinski definition) is 2. The first-order valence-corrected chi connectivity index (χ1v) is 12.1. The third-order valence-electron chi connectivity index (χ3n) is 5.22. The average Bonchev–Trinajstić information content (AvgIpc) is 3.57. The van der Waals surface area contributed by atoms with Crippen LogP contribution in [-0.4, -0.2) is 86.4 Å². The maximum absolute atomic E-state index is 12.5. The van der Waals surface area contributed by atoms with Gasteiger partial charge in [0.15, 0.2) is 0 Å². The number of benzene rings is 1. The number of nitrogens with one attached hydrogen (secondary N) is 1. The number of carbonyl (C=O) groups is 3. The van der Waals surface area contributed by atoms with Gasteiger partial charge in [-0.3, -0.25) is 14.5 Å². The highest BCUT2D eigenvalue weighted by molar-refractivity contribution is 7.09. The molecule has 0 aliphatic carbocycles. The Morgan fingerprint density at radius 2 is 1.84 bits per heavy atom. The van der Waals surface area contributed by atoms with Gasteiger partial charge in [-0.1, -0.05) is 17.7 Å². The number of aliphatic carboxylic acids is 1. The average molecular weight is 559 g/mol. The van der Waals surface area contributed by atoms with Crippen LogP contribution in [0.1, 0.15) is 4.88 Å². The standard InChI is InChI=1S/C20H21ClN6O2S.C2HF3O2/c21-17-12-15(3-4-18(17)27-14-22-13-23-27)24-19(28)20(29)26-9-7-25(8-10-26)6-5-16-2-1-11-30-16;3-2(4,5)1(6)7/h1-4,11-14H,5-10H2,(H,24,28);(H,6,7). The molecule has 2 N–H and O–H groups in total. The molecule has 4 rings (SSSR count). The van der Waals surface area contributed by atoms with Crippen molar-refractivity contribution in [2.24, 2.45) is 0 Å². The van der Waals surface area contributed by atoms with E-state index in [0.29, 0.717) is 29.5 Å². The van der Waals surface area contributed by atoms with Crippen molar-refractivity contribution in [3.05, 3.63) is 58.3 Å². The predicted octanol–water partition coefficient (Wildman–Crippen LogP) is 2.94. The van der Waals surface area contributed by atoms with Crippen molar-refractivity contribution in [3.8, 4) is 5.69 Å². The first kappa shape index (κ1) is 28.1. The van der Waals surface area contributed by atoms with Crippen LogP contribution in [-0.2, 0) is 20.8 Å². The number of rotatable bonds is 5. The Hall–Kier alpha value is -3.49. The van der Waals surface area contributed by atoms with Crippen LogP contribution in [0.4, 0.5) is 18.9 Å². The Morgan fingerprint density at radius 1 is 1.14 bits per heavy atom. The molecule has 198 valence electrons. The van der Waals surface area contributed by atoms with E-state index in [1.54, 1.807) is 34.4 Å². The summed E-state index contributed by atoms with van der Waals surface area (Å²) in [6, 6.07) is 9.18. The summed E-state index contributed by atoms with van der Waals surface area (Å²) in [6.07, 6.45) is -1.13. The molecule has 1 aliphatic rings. The summed E-state index contributed by atoms with van der Waals surface area (Å²) < 4.78 is 33.3. The van der Waals surface area contributed by atoms with Gasteiger partial charge in [0.1, 0.15) is 12.7 Å². The summed E-state index contributed by atoms with van der Waals surface area (Å²) in [4.78, 5) is 43.0. The number of carboxylic acids is 1. The number of nitrogens with zero attached hydrogens (tertiary/aromatic N) is 5. The van der Waals surface area contributed by atoms with Crippen LogP contribution in [0.25, 0.3) is 5.69 Å². The largest absolute Gasteiger partial charge is 0.490 e. The van der Waals surface area contributed by atoms with E-state index >= 15 is 0 Å². The number of piperazine rings is 1. The Labute approximate surface area is 218 Å². The number of hydrogen-bond acceptors (Lipinski definition) is 7. The van der Waals surface area contributed by atoms with Gasteiger partial charge in [-0.2, -0.15) is 18.3 Å². The Kier molecular flexibility index (Phi) is 9.60. The van der Waals surface area contributed by atoms with Crippen molar-refractivity contribution in [3.63, 3.8) is 0 Å². The summed E-state index contributed by atoms with van der Waals surface area (Å²) in [6.45, 7) is 3.59. The molecular formula is C22H22ClF3N6O4S. The number of anilines is 1.